The van der Waals surface area contributed by atoms with Crippen molar-refractivity contribution in [2.75, 3.05) is 6.54 Å². The van der Waals surface area contributed by atoms with E-state index in [0.29, 0.717) is 5.56 Å². The van der Waals surface area contributed by atoms with E-state index in [2.05, 4.69) is 0 Å². The number of carbonyl (C=O) groups is 1. The van der Waals surface area contributed by atoms with Crippen molar-refractivity contribution in [3.63, 3.8) is 0 Å². The van der Waals surface area contributed by atoms with Gasteiger partial charge in [0.2, 0.25) is 0 Å². The van der Waals surface area contributed by atoms with Crippen LogP contribution in [0, 0.1) is 24.2 Å². The Labute approximate surface area is 187 Å². The third-order valence-electron chi connectivity index (χ3n) is 5.56. The van der Waals surface area contributed by atoms with E-state index in [1.54, 1.807) is 24.3 Å². The minimum atomic E-state index is -3.99. The van der Waals surface area contributed by atoms with Crippen LogP contribution in [0.1, 0.15) is 15.9 Å². The number of Topliss-reactive ketones (excluding diaryl/α,β-unsaturated/α-hetero) is 1. The Hall–Kier alpha value is -3.89. The molecule has 1 atom stereocenters. The predicted octanol–water partition coefficient (Wildman–Crippen LogP) is 3.86. The summed E-state index contributed by atoms with van der Waals surface area (Å²) in [6.07, 6.45) is 0. The first-order valence-electron chi connectivity index (χ1n) is 10.0. The molecule has 6 nitrogen and oxygen atoms in total. The largest absolute Gasteiger partial charge is 0.384 e. The van der Waals surface area contributed by atoms with Gasteiger partial charge in [0.15, 0.2) is 5.78 Å². The second-order valence-electron chi connectivity index (χ2n) is 7.62. The Morgan fingerprint density at radius 3 is 2.16 bits per heavy atom. The quantitative estimate of drug-likeness (QED) is 0.603. The summed E-state index contributed by atoms with van der Waals surface area (Å²) in [5.74, 6) is -1.50. The molecule has 4 rings (SSSR count). The predicted molar refractivity (Wildman–Crippen MR) is 122 cm³/mol. The number of rotatable bonds is 5. The molecule has 0 bridgehead atoms. The molecular weight excluding hydrogens is 422 g/mol. The van der Waals surface area contributed by atoms with Crippen molar-refractivity contribution in [3.05, 3.63) is 101 Å². The number of nitriles is 1. The van der Waals surface area contributed by atoms with Gasteiger partial charge in [-0.1, -0.05) is 72.3 Å². The van der Waals surface area contributed by atoms with Gasteiger partial charge < -0.3 is 5.73 Å². The van der Waals surface area contributed by atoms with E-state index in [1.807, 2.05) is 55.5 Å². The van der Waals surface area contributed by atoms with Gasteiger partial charge in [-0.05, 0) is 30.2 Å². The summed E-state index contributed by atoms with van der Waals surface area (Å²) in [6, 6.07) is 25.1. The third-order valence-corrected chi connectivity index (χ3v) is 7.36. The number of hydrogen-bond donors (Lipinski definition) is 1. The van der Waals surface area contributed by atoms with E-state index < -0.39 is 15.9 Å². The molecule has 3 aromatic rings. The van der Waals surface area contributed by atoms with Gasteiger partial charge in [-0.15, -0.1) is 0 Å². The summed E-state index contributed by atoms with van der Waals surface area (Å²) in [4.78, 5) is 13.3. The van der Waals surface area contributed by atoms with Crippen molar-refractivity contribution < 1.29 is 13.2 Å². The molecule has 0 amide bonds. The first-order chi connectivity index (χ1) is 15.3. The highest BCUT2D eigenvalue weighted by atomic mass is 32.2. The molecule has 3 aromatic carbocycles. The number of hydrogen-bond acceptors (Lipinski definition) is 5. The highest BCUT2D eigenvalue weighted by Crippen LogP contribution is 2.33. The Kier molecular flexibility index (Phi) is 5.56. The highest BCUT2D eigenvalue weighted by molar-refractivity contribution is 7.89. The van der Waals surface area contributed by atoms with Gasteiger partial charge in [0, 0.05) is 5.56 Å². The molecule has 0 aromatic heterocycles. The number of nitrogens with two attached hydrogens (primary N) is 1. The maximum atomic E-state index is 13.2. The van der Waals surface area contributed by atoms with E-state index in [-0.39, 0.29) is 28.6 Å². The van der Waals surface area contributed by atoms with E-state index >= 15 is 0 Å². The molecule has 1 unspecified atom stereocenters. The summed E-state index contributed by atoms with van der Waals surface area (Å²) in [5.41, 5.74) is 9.29. The molecule has 2 N–H and O–H groups in total. The molecule has 0 spiro atoms. The molecule has 0 fully saturated rings. The van der Waals surface area contributed by atoms with Crippen molar-refractivity contribution in [2.24, 2.45) is 11.7 Å². The van der Waals surface area contributed by atoms with Crippen LogP contribution >= 0.6 is 0 Å². The number of carbonyl (C=O) groups excluding carboxylic acids is 1. The molecule has 0 saturated carbocycles. The van der Waals surface area contributed by atoms with E-state index in [0.717, 1.165) is 21.0 Å². The molecule has 1 aliphatic rings. The smallest absolute Gasteiger partial charge is 0.265 e. The van der Waals surface area contributed by atoms with Crippen LogP contribution < -0.4 is 5.73 Å². The Morgan fingerprint density at radius 1 is 0.969 bits per heavy atom. The van der Waals surface area contributed by atoms with Gasteiger partial charge >= 0.3 is 0 Å². The summed E-state index contributed by atoms with van der Waals surface area (Å²) in [5, 5.41) is 9.62. The second kappa shape index (κ2) is 8.33. The average molecular weight is 444 g/mol. The Balaban J connectivity index is 1.62. The maximum Gasteiger partial charge on any atom is 0.265 e. The first kappa shape index (κ1) is 21.3. The Morgan fingerprint density at radius 2 is 1.56 bits per heavy atom. The lowest BCUT2D eigenvalue weighted by Crippen LogP contribution is -2.33. The van der Waals surface area contributed by atoms with Crippen LogP contribution in [0.2, 0.25) is 0 Å². The number of ketones is 1. The average Bonchev–Trinajstić information content (AvgIpc) is 3.16. The topological polar surface area (TPSA) is 104 Å². The van der Waals surface area contributed by atoms with Crippen LogP contribution in [0.15, 0.2) is 95.2 Å². The minimum Gasteiger partial charge on any atom is -0.384 e. The summed E-state index contributed by atoms with van der Waals surface area (Å²) < 4.78 is 27.2. The first-order valence-corrected chi connectivity index (χ1v) is 11.5. The van der Waals surface area contributed by atoms with E-state index in [9.17, 15) is 18.5 Å². The third kappa shape index (κ3) is 3.77. The van der Waals surface area contributed by atoms with Crippen LogP contribution in [0.25, 0.3) is 11.1 Å². The van der Waals surface area contributed by atoms with Crippen molar-refractivity contribution in [2.45, 2.75) is 11.8 Å². The minimum absolute atomic E-state index is 0.0298. The number of aryl methyl sites for hydroxylation is 1. The Bertz CT molecular complexity index is 1340. The van der Waals surface area contributed by atoms with Gasteiger partial charge in [-0.3, -0.25) is 4.79 Å². The molecule has 7 heteroatoms. The van der Waals surface area contributed by atoms with E-state index in [4.69, 9.17) is 5.73 Å². The van der Waals surface area contributed by atoms with E-state index in [1.165, 1.54) is 12.1 Å². The fourth-order valence-electron chi connectivity index (χ4n) is 3.74. The number of nitrogens with zero attached hydrogens (tertiary/aromatic N) is 2. The molecule has 1 aliphatic heterocycles. The highest BCUT2D eigenvalue weighted by Gasteiger charge is 2.41. The molecule has 32 heavy (non-hydrogen) atoms. The maximum absolute atomic E-state index is 13.2. The van der Waals surface area contributed by atoms with Gasteiger partial charge in [0.05, 0.1) is 29.0 Å². The van der Waals surface area contributed by atoms with Crippen LogP contribution in [-0.2, 0) is 10.0 Å². The van der Waals surface area contributed by atoms with Gasteiger partial charge in [0.25, 0.3) is 10.0 Å². The second-order valence-corrected chi connectivity index (χ2v) is 9.48. The van der Waals surface area contributed by atoms with Crippen molar-refractivity contribution in [1.29, 1.82) is 5.26 Å². The monoisotopic (exact) mass is 443 g/mol. The van der Waals surface area contributed by atoms with Crippen LogP contribution in [0.4, 0.5) is 0 Å². The van der Waals surface area contributed by atoms with Crippen molar-refractivity contribution in [3.8, 4) is 17.2 Å². The van der Waals surface area contributed by atoms with Crippen molar-refractivity contribution >= 4 is 15.8 Å². The molecule has 1 heterocycles. The lowest BCUT2D eigenvalue weighted by molar-refractivity contribution is 0.0942. The van der Waals surface area contributed by atoms with Crippen LogP contribution in [0.5, 0.6) is 0 Å². The van der Waals surface area contributed by atoms with Gasteiger partial charge in [0.1, 0.15) is 5.82 Å². The number of sulfonamides is 1. The molecule has 0 saturated heterocycles. The van der Waals surface area contributed by atoms with Crippen LogP contribution in [-0.4, -0.2) is 25.1 Å². The summed E-state index contributed by atoms with van der Waals surface area (Å²) in [7, 11) is -3.99. The van der Waals surface area contributed by atoms with Crippen LogP contribution in [0.3, 0.4) is 0 Å². The lowest BCUT2D eigenvalue weighted by Gasteiger charge is -2.20. The molecular formula is C25H21N3O3S. The zero-order valence-corrected chi connectivity index (χ0v) is 18.2. The standard InChI is InChI=1S/C25H21N3O3S/c1-17-7-13-21(14-8-17)32(30,31)28-16-23(22(15-26)25(28)27)24(29)20-11-9-19(10-12-20)18-5-3-2-4-6-18/h2-14,23H,16,27H2,1H3. The molecule has 160 valence electrons. The lowest BCUT2D eigenvalue weighted by atomic mass is 9.92. The normalized spacial score (nSPS) is 16.1. The fourth-order valence-corrected chi connectivity index (χ4v) is 5.18. The number of benzene rings is 3. The zero-order valence-electron chi connectivity index (χ0n) is 17.4. The fraction of sp³-hybridized carbons (Fsp3) is 0.120. The van der Waals surface area contributed by atoms with Gasteiger partial charge in [-0.25, -0.2) is 12.7 Å². The molecule has 0 radical (unpaired) electrons. The van der Waals surface area contributed by atoms with Gasteiger partial charge in [-0.2, -0.15) is 5.26 Å². The van der Waals surface area contributed by atoms with Crippen molar-refractivity contribution in [1.82, 2.24) is 4.31 Å². The molecule has 0 aliphatic carbocycles. The zero-order chi connectivity index (χ0) is 22.9. The summed E-state index contributed by atoms with van der Waals surface area (Å²) in [6.45, 7) is 1.65. The SMILES string of the molecule is Cc1ccc(S(=O)(=O)N2CC(C(=O)c3ccc(-c4ccccc4)cc3)C(C#N)=C2N)cc1. The summed E-state index contributed by atoms with van der Waals surface area (Å²) >= 11 is 0.